The number of aliphatic hydroxyl groups excluding tert-OH is 1. The van der Waals surface area contributed by atoms with E-state index in [1.807, 2.05) is 10.8 Å². The van der Waals surface area contributed by atoms with E-state index in [2.05, 4.69) is 11.9 Å². The van der Waals surface area contributed by atoms with E-state index in [1.54, 1.807) is 6.20 Å². The zero-order valence-corrected chi connectivity index (χ0v) is 7.98. The fourth-order valence-electron chi connectivity index (χ4n) is 1.32. The maximum atomic E-state index is 9.51. The third-order valence-electron chi connectivity index (χ3n) is 2.06. The first-order valence-electron chi connectivity index (χ1n) is 4.66. The highest BCUT2D eigenvalue weighted by Gasteiger charge is 2.08. The highest BCUT2D eigenvalue weighted by molar-refractivity contribution is 4.93. The number of nitrogens with two attached hydrogens (primary N) is 1. The van der Waals surface area contributed by atoms with E-state index in [0.717, 1.165) is 12.4 Å². The molecule has 0 aliphatic heterocycles. The Morgan fingerprint density at radius 2 is 2.46 bits per heavy atom. The van der Waals surface area contributed by atoms with Gasteiger partial charge in [0.05, 0.1) is 6.10 Å². The standard InChI is InChI=1S/C9H17N3O/c1-2-12-6-5-11-9(12)7-8(13)3-4-10/h5-6,8,13H,2-4,7,10H2,1H3. The molecule has 4 nitrogen and oxygen atoms in total. The molecule has 0 amide bonds. The van der Waals surface area contributed by atoms with E-state index in [9.17, 15) is 5.11 Å². The van der Waals surface area contributed by atoms with Crippen LogP contribution in [0.2, 0.25) is 0 Å². The van der Waals surface area contributed by atoms with Gasteiger partial charge in [-0.1, -0.05) is 0 Å². The molecule has 0 aromatic carbocycles. The first-order valence-corrected chi connectivity index (χ1v) is 4.66. The zero-order chi connectivity index (χ0) is 9.68. The molecule has 1 aromatic heterocycles. The maximum Gasteiger partial charge on any atom is 0.111 e. The van der Waals surface area contributed by atoms with Crippen LogP contribution in [0.1, 0.15) is 19.2 Å². The fourth-order valence-corrected chi connectivity index (χ4v) is 1.32. The summed E-state index contributed by atoms with van der Waals surface area (Å²) in [5.41, 5.74) is 5.34. The summed E-state index contributed by atoms with van der Waals surface area (Å²) in [5.74, 6) is 0.934. The van der Waals surface area contributed by atoms with Crippen LogP contribution in [0.15, 0.2) is 12.4 Å². The van der Waals surface area contributed by atoms with Crippen LogP contribution in [-0.4, -0.2) is 27.3 Å². The van der Waals surface area contributed by atoms with Gasteiger partial charge in [-0.3, -0.25) is 0 Å². The fraction of sp³-hybridized carbons (Fsp3) is 0.667. The van der Waals surface area contributed by atoms with Crippen LogP contribution in [0.5, 0.6) is 0 Å². The van der Waals surface area contributed by atoms with Crippen molar-refractivity contribution in [1.29, 1.82) is 0 Å². The van der Waals surface area contributed by atoms with E-state index in [4.69, 9.17) is 5.73 Å². The monoisotopic (exact) mass is 183 g/mol. The molecule has 0 bridgehead atoms. The number of hydrogen-bond acceptors (Lipinski definition) is 3. The van der Waals surface area contributed by atoms with Gasteiger partial charge in [0.2, 0.25) is 0 Å². The van der Waals surface area contributed by atoms with Gasteiger partial charge in [-0.05, 0) is 19.9 Å². The Labute approximate surface area is 78.4 Å². The molecule has 1 atom stereocenters. The summed E-state index contributed by atoms with van der Waals surface area (Å²) in [5, 5.41) is 9.51. The van der Waals surface area contributed by atoms with Gasteiger partial charge in [-0.25, -0.2) is 4.98 Å². The second kappa shape index (κ2) is 4.99. The third kappa shape index (κ3) is 2.82. The smallest absolute Gasteiger partial charge is 0.111 e. The largest absolute Gasteiger partial charge is 0.393 e. The summed E-state index contributed by atoms with van der Waals surface area (Å²) >= 11 is 0. The lowest BCUT2D eigenvalue weighted by Crippen LogP contribution is -2.18. The van der Waals surface area contributed by atoms with E-state index >= 15 is 0 Å². The second-order valence-corrected chi connectivity index (χ2v) is 3.06. The van der Waals surface area contributed by atoms with Crippen LogP contribution < -0.4 is 5.73 Å². The van der Waals surface area contributed by atoms with Gasteiger partial charge in [0.25, 0.3) is 0 Å². The van der Waals surface area contributed by atoms with Crippen molar-refractivity contribution in [3.63, 3.8) is 0 Å². The van der Waals surface area contributed by atoms with Crippen molar-refractivity contribution in [3.8, 4) is 0 Å². The average molecular weight is 183 g/mol. The molecule has 13 heavy (non-hydrogen) atoms. The number of hydrogen-bond donors (Lipinski definition) is 2. The number of aromatic nitrogens is 2. The molecular weight excluding hydrogens is 166 g/mol. The predicted octanol–water partition coefficient (Wildman–Crippen LogP) is 0.155. The SMILES string of the molecule is CCn1ccnc1CC(O)CCN. The second-order valence-electron chi connectivity index (χ2n) is 3.06. The number of imidazole rings is 1. The van der Waals surface area contributed by atoms with Crippen molar-refractivity contribution in [2.24, 2.45) is 5.73 Å². The summed E-state index contributed by atoms with van der Waals surface area (Å²) in [7, 11) is 0. The molecule has 4 heteroatoms. The highest BCUT2D eigenvalue weighted by atomic mass is 16.3. The lowest BCUT2D eigenvalue weighted by Gasteiger charge is -2.09. The number of rotatable bonds is 5. The molecule has 0 aliphatic carbocycles. The summed E-state index contributed by atoms with van der Waals surface area (Å²) in [6, 6.07) is 0. The Morgan fingerprint density at radius 3 is 3.08 bits per heavy atom. The van der Waals surface area contributed by atoms with E-state index in [1.165, 1.54) is 0 Å². The number of aliphatic hydroxyl groups is 1. The Kier molecular flexibility index (Phi) is 3.92. The van der Waals surface area contributed by atoms with Crippen LogP contribution in [0, 0.1) is 0 Å². The van der Waals surface area contributed by atoms with Crippen molar-refractivity contribution in [2.45, 2.75) is 32.4 Å². The van der Waals surface area contributed by atoms with E-state index in [0.29, 0.717) is 19.4 Å². The summed E-state index contributed by atoms with van der Waals surface area (Å²) in [4.78, 5) is 4.17. The van der Waals surface area contributed by atoms with Gasteiger partial charge in [-0.15, -0.1) is 0 Å². The van der Waals surface area contributed by atoms with Crippen molar-refractivity contribution in [2.75, 3.05) is 6.54 Å². The number of nitrogens with zero attached hydrogens (tertiary/aromatic N) is 2. The van der Waals surface area contributed by atoms with Crippen LogP contribution in [0.25, 0.3) is 0 Å². The van der Waals surface area contributed by atoms with Crippen molar-refractivity contribution in [3.05, 3.63) is 18.2 Å². The average Bonchev–Trinajstić information content (AvgIpc) is 2.52. The van der Waals surface area contributed by atoms with Gasteiger partial charge >= 0.3 is 0 Å². The molecule has 0 radical (unpaired) electrons. The highest BCUT2D eigenvalue weighted by Crippen LogP contribution is 2.03. The lowest BCUT2D eigenvalue weighted by molar-refractivity contribution is 0.164. The van der Waals surface area contributed by atoms with Gasteiger partial charge < -0.3 is 15.4 Å². The van der Waals surface area contributed by atoms with E-state index < -0.39 is 0 Å². The maximum absolute atomic E-state index is 9.51. The van der Waals surface area contributed by atoms with Crippen molar-refractivity contribution in [1.82, 2.24) is 9.55 Å². The molecule has 0 saturated heterocycles. The zero-order valence-electron chi connectivity index (χ0n) is 7.98. The first kappa shape index (κ1) is 10.2. The summed E-state index contributed by atoms with van der Waals surface area (Å²) in [6.45, 7) is 3.47. The van der Waals surface area contributed by atoms with Crippen LogP contribution in [0.4, 0.5) is 0 Å². The summed E-state index contributed by atoms with van der Waals surface area (Å²) in [6.07, 6.45) is 4.55. The van der Waals surface area contributed by atoms with Gasteiger partial charge in [0, 0.05) is 25.4 Å². The van der Waals surface area contributed by atoms with E-state index in [-0.39, 0.29) is 6.10 Å². The molecule has 1 aromatic rings. The molecular formula is C9H17N3O. The minimum Gasteiger partial charge on any atom is -0.393 e. The predicted molar refractivity (Wildman–Crippen MR) is 51.3 cm³/mol. The molecule has 74 valence electrons. The number of aryl methyl sites for hydroxylation is 1. The Hall–Kier alpha value is -0.870. The molecule has 0 fully saturated rings. The third-order valence-corrected chi connectivity index (χ3v) is 2.06. The van der Waals surface area contributed by atoms with Gasteiger partial charge in [0.1, 0.15) is 5.82 Å². The molecule has 0 aliphatic rings. The first-order chi connectivity index (χ1) is 6.27. The molecule has 0 saturated carbocycles. The van der Waals surface area contributed by atoms with Gasteiger partial charge in [-0.2, -0.15) is 0 Å². The minimum atomic E-state index is -0.363. The Balaban J connectivity index is 2.52. The van der Waals surface area contributed by atoms with Gasteiger partial charge in [0.15, 0.2) is 0 Å². The minimum absolute atomic E-state index is 0.363. The molecule has 1 rings (SSSR count). The molecule has 1 heterocycles. The van der Waals surface area contributed by atoms with Crippen molar-refractivity contribution >= 4 is 0 Å². The Morgan fingerprint density at radius 1 is 1.69 bits per heavy atom. The molecule has 1 unspecified atom stereocenters. The van der Waals surface area contributed by atoms with Crippen LogP contribution in [0.3, 0.4) is 0 Å². The normalized spacial score (nSPS) is 13.2. The lowest BCUT2D eigenvalue weighted by atomic mass is 10.2. The quantitative estimate of drug-likeness (QED) is 0.683. The topological polar surface area (TPSA) is 64.1 Å². The Bertz CT molecular complexity index is 247. The van der Waals surface area contributed by atoms with Crippen LogP contribution in [-0.2, 0) is 13.0 Å². The van der Waals surface area contributed by atoms with Crippen molar-refractivity contribution < 1.29 is 5.11 Å². The van der Waals surface area contributed by atoms with Crippen LogP contribution >= 0.6 is 0 Å². The summed E-state index contributed by atoms with van der Waals surface area (Å²) < 4.78 is 2.03. The molecule has 3 N–H and O–H groups in total. The molecule has 0 spiro atoms.